The van der Waals surface area contributed by atoms with Crippen LogP contribution in [0.15, 0.2) is 30.3 Å². The maximum absolute atomic E-state index is 11.7. The Morgan fingerprint density at radius 3 is 1.87 bits per heavy atom. The highest BCUT2D eigenvalue weighted by Crippen LogP contribution is 2.34. The van der Waals surface area contributed by atoms with Crippen molar-refractivity contribution in [2.45, 2.75) is 5.79 Å². The van der Waals surface area contributed by atoms with Crippen LogP contribution in [0, 0.1) is 14.3 Å². The van der Waals surface area contributed by atoms with Crippen molar-refractivity contribution in [1.29, 1.82) is 0 Å². The summed E-state index contributed by atoms with van der Waals surface area (Å²) in [6.45, 7) is 0. The summed E-state index contributed by atoms with van der Waals surface area (Å²) in [5, 5.41) is 29.9. The molecule has 0 fully saturated rings. The van der Waals surface area contributed by atoms with Crippen LogP contribution in [0.2, 0.25) is 0 Å². The van der Waals surface area contributed by atoms with E-state index in [4.69, 9.17) is 4.74 Å². The summed E-state index contributed by atoms with van der Waals surface area (Å²) < 4.78 is 7.95. The van der Waals surface area contributed by atoms with Gasteiger partial charge in [0.25, 0.3) is 0 Å². The van der Waals surface area contributed by atoms with Gasteiger partial charge in [0.1, 0.15) is 11.5 Å². The summed E-state index contributed by atoms with van der Waals surface area (Å²) in [5.74, 6) is -3.81. The van der Waals surface area contributed by atoms with E-state index in [0.29, 0.717) is 7.14 Å². The largest absolute Gasteiger partial charge is 0.506 e. The molecule has 9 heteroatoms. The lowest BCUT2D eigenvalue weighted by molar-refractivity contribution is -0.198. The van der Waals surface area contributed by atoms with E-state index in [1.54, 1.807) is 12.1 Å². The minimum atomic E-state index is -2.52. The number of benzene rings is 2. The number of ether oxygens (including phenoxy) is 1. The number of aliphatic hydroxyl groups is 1. The van der Waals surface area contributed by atoms with Crippen molar-refractivity contribution < 1.29 is 24.9 Å². The summed E-state index contributed by atoms with van der Waals surface area (Å²) in [6, 6.07) is 7.87. The summed E-state index contributed by atoms with van der Waals surface area (Å²) in [4.78, 5) is 11.7. The second-order valence-corrected chi connectivity index (χ2v) is 9.26. The quantitative estimate of drug-likeness (QED) is 0.323. The average Bonchev–Trinajstić information content (AvgIpc) is 2.43. The third-order valence-corrected chi connectivity index (χ3v) is 5.69. The van der Waals surface area contributed by atoms with Crippen molar-refractivity contribution in [3.63, 3.8) is 0 Å². The SMILES string of the molecule is O=C(O)[C@](O)(Oc1cc(I)c(O)c(I)c1)c1cc(I)cc(I)c1. The Labute approximate surface area is 186 Å². The number of rotatable bonds is 4. The summed E-state index contributed by atoms with van der Waals surface area (Å²) in [5.41, 5.74) is 0.124. The van der Waals surface area contributed by atoms with Crippen LogP contribution in [0.1, 0.15) is 5.56 Å². The molecule has 0 aromatic heterocycles. The highest BCUT2D eigenvalue weighted by molar-refractivity contribution is 14.1. The normalized spacial score (nSPS) is 13.4. The number of aromatic hydroxyl groups is 1. The number of halogens is 4. The summed E-state index contributed by atoms with van der Waals surface area (Å²) in [6.07, 6.45) is 0. The molecule has 0 aliphatic carbocycles. The molecule has 2 aromatic rings. The van der Waals surface area contributed by atoms with Gasteiger partial charge >= 0.3 is 11.8 Å². The van der Waals surface area contributed by atoms with E-state index < -0.39 is 11.8 Å². The Kier molecular flexibility index (Phi) is 6.63. The number of phenolic OH excluding ortho intramolecular Hbond substituents is 1. The molecular formula is C14H8I4O5. The number of aliphatic carboxylic acids is 1. The highest BCUT2D eigenvalue weighted by atomic mass is 127. The van der Waals surface area contributed by atoms with Crippen LogP contribution in [-0.4, -0.2) is 21.3 Å². The standard InChI is InChI=1S/C14H8I4O5/c15-7-1-6(2-8(16)3-7)14(22,13(20)21)23-9-4-10(17)12(19)11(18)5-9/h1-5,19,22H,(H,20,21)/t14-/m1/s1. The molecule has 2 rings (SSSR count). The summed E-state index contributed by atoms with van der Waals surface area (Å²) in [7, 11) is 0. The predicted molar refractivity (Wildman–Crippen MR) is 118 cm³/mol. The second kappa shape index (κ2) is 7.74. The van der Waals surface area contributed by atoms with Crippen molar-refractivity contribution in [3.8, 4) is 11.5 Å². The fraction of sp³-hybridized carbons (Fsp3) is 0.0714. The first kappa shape index (κ1) is 19.7. The first-order valence-electron chi connectivity index (χ1n) is 5.93. The van der Waals surface area contributed by atoms with Gasteiger partial charge in [-0.15, -0.1) is 0 Å². The zero-order valence-corrected chi connectivity index (χ0v) is 19.7. The number of carboxylic acids is 1. The van der Waals surface area contributed by atoms with Crippen LogP contribution in [-0.2, 0) is 10.6 Å². The fourth-order valence-corrected chi connectivity index (χ4v) is 5.40. The van der Waals surface area contributed by atoms with E-state index in [9.17, 15) is 20.1 Å². The molecule has 3 N–H and O–H groups in total. The molecule has 0 radical (unpaired) electrons. The molecule has 122 valence electrons. The topological polar surface area (TPSA) is 87.0 Å². The van der Waals surface area contributed by atoms with E-state index in [1.807, 2.05) is 96.4 Å². The Bertz CT molecular complexity index is 737. The zero-order valence-electron chi connectivity index (χ0n) is 11.1. The third-order valence-electron chi connectivity index (χ3n) is 2.80. The van der Waals surface area contributed by atoms with E-state index in [2.05, 4.69) is 0 Å². The lowest BCUT2D eigenvalue weighted by Gasteiger charge is -2.25. The Morgan fingerprint density at radius 1 is 0.957 bits per heavy atom. The van der Waals surface area contributed by atoms with Gasteiger partial charge < -0.3 is 20.1 Å². The van der Waals surface area contributed by atoms with Crippen LogP contribution < -0.4 is 4.74 Å². The number of hydrogen-bond acceptors (Lipinski definition) is 4. The van der Waals surface area contributed by atoms with E-state index in [0.717, 1.165) is 7.14 Å². The van der Waals surface area contributed by atoms with Crippen LogP contribution in [0.3, 0.4) is 0 Å². The van der Waals surface area contributed by atoms with E-state index in [-0.39, 0.29) is 17.1 Å². The van der Waals surface area contributed by atoms with Gasteiger partial charge in [-0.2, -0.15) is 0 Å². The summed E-state index contributed by atoms with van der Waals surface area (Å²) >= 11 is 7.89. The molecule has 0 unspecified atom stereocenters. The van der Waals surface area contributed by atoms with Crippen molar-refractivity contribution in [2.75, 3.05) is 0 Å². The Balaban J connectivity index is 2.52. The minimum absolute atomic E-state index is 0.0845. The van der Waals surface area contributed by atoms with Gasteiger partial charge in [0.05, 0.1) is 7.14 Å². The lowest BCUT2D eigenvalue weighted by Crippen LogP contribution is -2.41. The van der Waals surface area contributed by atoms with Crippen molar-refractivity contribution in [2.24, 2.45) is 0 Å². The monoisotopic (exact) mass is 764 g/mol. The van der Waals surface area contributed by atoms with E-state index >= 15 is 0 Å². The Morgan fingerprint density at radius 2 is 1.43 bits per heavy atom. The molecule has 23 heavy (non-hydrogen) atoms. The fourth-order valence-electron chi connectivity index (χ4n) is 1.75. The molecule has 0 saturated carbocycles. The van der Waals surface area contributed by atoms with Crippen LogP contribution in [0.25, 0.3) is 0 Å². The van der Waals surface area contributed by atoms with Crippen LogP contribution in [0.5, 0.6) is 11.5 Å². The first-order chi connectivity index (χ1) is 10.6. The van der Waals surface area contributed by atoms with Crippen molar-refractivity contribution in [3.05, 3.63) is 50.2 Å². The molecule has 0 aliphatic heterocycles. The first-order valence-corrected chi connectivity index (χ1v) is 10.2. The predicted octanol–water partition coefficient (Wildman–Crippen LogP) is 4.12. The van der Waals surface area contributed by atoms with Gasteiger partial charge in [-0.05, 0) is 121 Å². The molecule has 0 saturated heterocycles. The number of phenols is 1. The molecular weight excluding hydrogens is 756 g/mol. The van der Waals surface area contributed by atoms with Gasteiger partial charge in [-0.1, -0.05) is 0 Å². The number of hydrogen-bond donors (Lipinski definition) is 3. The molecule has 0 bridgehead atoms. The van der Waals surface area contributed by atoms with Gasteiger partial charge in [-0.3, -0.25) is 0 Å². The number of carbonyl (C=O) groups is 1. The van der Waals surface area contributed by atoms with Gasteiger partial charge in [0, 0.05) is 12.7 Å². The molecule has 0 aliphatic rings. The van der Waals surface area contributed by atoms with Crippen molar-refractivity contribution in [1.82, 2.24) is 0 Å². The van der Waals surface area contributed by atoms with Crippen LogP contribution in [0.4, 0.5) is 0 Å². The second-order valence-electron chi connectivity index (χ2n) is 4.44. The number of carboxylic acid groups (broad SMARTS) is 1. The molecule has 1 atom stereocenters. The van der Waals surface area contributed by atoms with E-state index in [1.165, 1.54) is 12.1 Å². The maximum atomic E-state index is 11.7. The van der Waals surface area contributed by atoms with Gasteiger partial charge in [-0.25, -0.2) is 4.79 Å². The van der Waals surface area contributed by atoms with Gasteiger partial charge in [0.15, 0.2) is 0 Å². The minimum Gasteiger partial charge on any atom is -0.506 e. The lowest BCUT2D eigenvalue weighted by atomic mass is 10.1. The highest BCUT2D eigenvalue weighted by Gasteiger charge is 2.42. The third kappa shape index (κ3) is 4.52. The maximum Gasteiger partial charge on any atom is 0.382 e. The molecule has 0 spiro atoms. The molecule has 5 nitrogen and oxygen atoms in total. The smallest absolute Gasteiger partial charge is 0.382 e. The molecule has 0 heterocycles. The van der Waals surface area contributed by atoms with Crippen molar-refractivity contribution >= 4 is 96.3 Å². The average molecular weight is 764 g/mol. The molecule has 0 amide bonds. The van der Waals surface area contributed by atoms with Crippen LogP contribution >= 0.6 is 90.4 Å². The zero-order chi connectivity index (χ0) is 17.4. The molecule has 2 aromatic carbocycles. The Hall–Kier alpha value is 0.390. The van der Waals surface area contributed by atoms with Gasteiger partial charge in [0.2, 0.25) is 0 Å².